The minimum Gasteiger partial charge on any atom is -0.481 e. The number of rotatable bonds is 3. The number of carboxylic acids is 1. The van der Waals surface area contributed by atoms with Gasteiger partial charge in [-0.05, 0) is 19.3 Å². The van der Waals surface area contributed by atoms with E-state index in [-0.39, 0.29) is 12.1 Å². The normalized spacial score (nSPS) is 27.4. The van der Waals surface area contributed by atoms with Gasteiger partial charge < -0.3 is 14.9 Å². The summed E-state index contributed by atoms with van der Waals surface area (Å²) in [5, 5.41) is 9.15. The molecule has 2 aliphatic rings. The van der Waals surface area contributed by atoms with Crippen LogP contribution in [0.2, 0.25) is 0 Å². The molecule has 6 nitrogen and oxygen atoms in total. The molecule has 2 saturated heterocycles. The number of urea groups is 1. The van der Waals surface area contributed by atoms with E-state index in [9.17, 15) is 9.59 Å². The van der Waals surface area contributed by atoms with Gasteiger partial charge in [-0.25, -0.2) is 4.79 Å². The van der Waals surface area contributed by atoms with Crippen molar-refractivity contribution >= 4 is 12.0 Å². The van der Waals surface area contributed by atoms with Gasteiger partial charge in [-0.15, -0.1) is 0 Å². The summed E-state index contributed by atoms with van der Waals surface area (Å²) < 4.78 is 0. The second-order valence-corrected chi connectivity index (χ2v) is 6.63. The van der Waals surface area contributed by atoms with Gasteiger partial charge in [0.15, 0.2) is 0 Å². The molecular formula is C15H27N3O3. The van der Waals surface area contributed by atoms with Gasteiger partial charge in [0.25, 0.3) is 0 Å². The average molecular weight is 297 g/mol. The highest BCUT2D eigenvalue weighted by Crippen LogP contribution is 2.25. The van der Waals surface area contributed by atoms with E-state index in [1.807, 2.05) is 11.8 Å². The minimum absolute atomic E-state index is 0.00967. The fourth-order valence-electron chi connectivity index (χ4n) is 3.36. The molecule has 0 aromatic rings. The van der Waals surface area contributed by atoms with Crippen molar-refractivity contribution in [3.63, 3.8) is 0 Å². The SMILES string of the molecule is CC(C)CN1CCN(C(=O)N2CCC(C(=O)O)C2C)CC1. The van der Waals surface area contributed by atoms with Gasteiger partial charge in [0.1, 0.15) is 0 Å². The molecule has 0 aromatic heterocycles. The van der Waals surface area contributed by atoms with E-state index in [1.54, 1.807) is 4.90 Å². The van der Waals surface area contributed by atoms with Crippen molar-refractivity contribution in [1.82, 2.24) is 14.7 Å². The molecule has 21 heavy (non-hydrogen) atoms. The fourth-order valence-corrected chi connectivity index (χ4v) is 3.36. The Morgan fingerprint density at radius 1 is 1.14 bits per heavy atom. The van der Waals surface area contributed by atoms with Crippen LogP contribution in [-0.2, 0) is 4.79 Å². The van der Waals surface area contributed by atoms with Crippen molar-refractivity contribution in [2.75, 3.05) is 39.3 Å². The maximum atomic E-state index is 12.5. The van der Waals surface area contributed by atoms with Crippen molar-refractivity contribution in [2.45, 2.75) is 33.2 Å². The van der Waals surface area contributed by atoms with Crippen molar-refractivity contribution < 1.29 is 14.7 Å². The quantitative estimate of drug-likeness (QED) is 0.849. The molecule has 0 radical (unpaired) electrons. The van der Waals surface area contributed by atoms with Gasteiger partial charge in [-0.3, -0.25) is 9.69 Å². The van der Waals surface area contributed by atoms with Crippen molar-refractivity contribution in [3.8, 4) is 0 Å². The monoisotopic (exact) mass is 297 g/mol. The molecule has 120 valence electrons. The van der Waals surface area contributed by atoms with Crippen LogP contribution < -0.4 is 0 Å². The lowest BCUT2D eigenvalue weighted by molar-refractivity contribution is -0.142. The van der Waals surface area contributed by atoms with Crippen LogP contribution in [0, 0.1) is 11.8 Å². The van der Waals surface area contributed by atoms with Crippen molar-refractivity contribution in [2.24, 2.45) is 11.8 Å². The van der Waals surface area contributed by atoms with E-state index >= 15 is 0 Å². The van der Waals surface area contributed by atoms with Gasteiger partial charge in [0, 0.05) is 45.3 Å². The van der Waals surface area contributed by atoms with E-state index in [0.29, 0.717) is 18.9 Å². The van der Waals surface area contributed by atoms with Crippen LogP contribution in [0.1, 0.15) is 27.2 Å². The van der Waals surface area contributed by atoms with Crippen LogP contribution in [0.15, 0.2) is 0 Å². The zero-order chi connectivity index (χ0) is 15.6. The van der Waals surface area contributed by atoms with Crippen LogP contribution in [0.25, 0.3) is 0 Å². The van der Waals surface area contributed by atoms with Crippen molar-refractivity contribution in [1.29, 1.82) is 0 Å². The highest BCUT2D eigenvalue weighted by Gasteiger charge is 2.40. The van der Waals surface area contributed by atoms with Crippen molar-refractivity contribution in [3.05, 3.63) is 0 Å². The first-order chi connectivity index (χ1) is 9.90. The number of amides is 2. The topological polar surface area (TPSA) is 64.1 Å². The van der Waals surface area contributed by atoms with Crippen LogP contribution in [0.4, 0.5) is 4.79 Å². The Morgan fingerprint density at radius 3 is 2.24 bits per heavy atom. The molecule has 0 aromatic carbocycles. The third-order valence-electron chi connectivity index (χ3n) is 4.58. The first-order valence-electron chi connectivity index (χ1n) is 7.91. The maximum Gasteiger partial charge on any atom is 0.320 e. The molecule has 6 heteroatoms. The predicted molar refractivity (Wildman–Crippen MR) is 80.2 cm³/mol. The lowest BCUT2D eigenvalue weighted by Crippen LogP contribution is -2.54. The Kier molecular flexibility index (Phi) is 5.08. The van der Waals surface area contributed by atoms with Crippen LogP contribution in [0.5, 0.6) is 0 Å². The Labute approximate surface area is 126 Å². The molecule has 2 amide bonds. The molecule has 2 atom stereocenters. The molecular weight excluding hydrogens is 270 g/mol. The number of hydrogen-bond acceptors (Lipinski definition) is 3. The number of piperazine rings is 1. The lowest BCUT2D eigenvalue weighted by Gasteiger charge is -2.38. The summed E-state index contributed by atoms with van der Waals surface area (Å²) in [5.74, 6) is -0.571. The first-order valence-corrected chi connectivity index (χ1v) is 7.91. The Hall–Kier alpha value is -1.30. The van der Waals surface area contributed by atoms with E-state index in [4.69, 9.17) is 5.11 Å². The summed E-state index contributed by atoms with van der Waals surface area (Å²) in [5.41, 5.74) is 0. The summed E-state index contributed by atoms with van der Waals surface area (Å²) in [6.07, 6.45) is 0.565. The molecule has 2 fully saturated rings. The summed E-state index contributed by atoms with van der Waals surface area (Å²) in [6.45, 7) is 11.2. The number of nitrogens with zero attached hydrogens (tertiary/aromatic N) is 3. The van der Waals surface area contributed by atoms with Gasteiger partial charge >= 0.3 is 12.0 Å². The predicted octanol–water partition coefficient (Wildman–Crippen LogP) is 1.17. The number of carboxylic acid groups (broad SMARTS) is 1. The highest BCUT2D eigenvalue weighted by molar-refractivity contribution is 5.78. The number of carbonyl (C=O) groups excluding carboxylic acids is 1. The molecule has 1 N–H and O–H groups in total. The number of aliphatic carboxylic acids is 1. The second kappa shape index (κ2) is 6.64. The molecule has 2 heterocycles. The molecule has 0 saturated carbocycles. The minimum atomic E-state index is -0.792. The Bertz CT molecular complexity index is 392. The standard InChI is InChI=1S/C15H27N3O3/c1-11(2)10-16-6-8-17(9-7-16)15(21)18-5-4-13(12(18)3)14(19)20/h11-13H,4-10H2,1-3H3,(H,19,20). The largest absolute Gasteiger partial charge is 0.481 e. The summed E-state index contributed by atoms with van der Waals surface area (Å²) in [7, 11) is 0. The first kappa shape index (κ1) is 16.1. The summed E-state index contributed by atoms with van der Waals surface area (Å²) >= 11 is 0. The van der Waals surface area contributed by atoms with Gasteiger partial charge in [-0.1, -0.05) is 13.8 Å². The second-order valence-electron chi connectivity index (χ2n) is 6.63. The van der Waals surface area contributed by atoms with E-state index in [2.05, 4.69) is 18.7 Å². The average Bonchev–Trinajstić information content (AvgIpc) is 2.80. The van der Waals surface area contributed by atoms with Crippen LogP contribution >= 0.6 is 0 Å². The number of likely N-dealkylation sites (tertiary alicyclic amines) is 1. The molecule has 0 spiro atoms. The zero-order valence-corrected chi connectivity index (χ0v) is 13.3. The lowest BCUT2D eigenvalue weighted by atomic mass is 10.0. The Morgan fingerprint density at radius 2 is 1.76 bits per heavy atom. The molecule has 2 rings (SSSR count). The van der Waals surface area contributed by atoms with Crippen LogP contribution in [0.3, 0.4) is 0 Å². The van der Waals surface area contributed by atoms with E-state index < -0.39 is 11.9 Å². The third kappa shape index (κ3) is 3.67. The summed E-state index contributed by atoms with van der Waals surface area (Å²) in [6, 6.07) is -0.195. The van der Waals surface area contributed by atoms with Gasteiger partial charge in [0.2, 0.25) is 0 Å². The fraction of sp³-hybridized carbons (Fsp3) is 0.867. The Balaban J connectivity index is 1.86. The maximum absolute atomic E-state index is 12.5. The molecule has 0 aliphatic carbocycles. The molecule has 2 unspecified atom stereocenters. The van der Waals surface area contributed by atoms with E-state index in [1.165, 1.54) is 0 Å². The number of hydrogen-bond donors (Lipinski definition) is 1. The molecule has 0 bridgehead atoms. The zero-order valence-electron chi connectivity index (χ0n) is 13.3. The summed E-state index contributed by atoms with van der Waals surface area (Å²) in [4.78, 5) is 29.7. The smallest absolute Gasteiger partial charge is 0.320 e. The van der Waals surface area contributed by atoms with E-state index in [0.717, 1.165) is 32.7 Å². The number of carbonyl (C=O) groups is 2. The molecule has 2 aliphatic heterocycles. The van der Waals surface area contributed by atoms with Gasteiger partial charge in [-0.2, -0.15) is 0 Å². The third-order valence-corrected chi connectivity index (χ3v) is 4.58. The van der Waals surface area contributed by atoms with Gasteiger partial charge in [0.05, 0.1) is 5.92 Å². The highest BCUT2D eigenvalue weighted by atomic mass is 16.4. The van der Waals surface area contributed by atoms with Crippen LogP contribution in [-0.4, -0.2) is 77.1 Å².